The van der Waals surface area contributed by atoms with E-state index < -0.39 is 0 Å². The van der Waals surface area contributed by atoms with E-state index in [1.165, 1.54) is 24.8 Å². The number of rotatable bonds is 4. The second-order valence-electron chi connectivity index (χ2n) is 3.78. The molecular formula is C11H17NO. The number of hydrogen-bond acceptors (Lipinski definition) is 2. The Balaban J connectivity index is 2.04. The van der Waals surface area contributed by atoms with Crippen LogP contribution < -0.4 is 5.32 Å². The number of furan rings is 1. The van der Waals surface area contributed by atoms with Crippen LogP contribution in [0.15, 0.2) is 23.0 Å². The zero-order valence-corrected chi connectivity index (χ0v) is 8.12. The molecule has 0 amide bonds. The molecule has 1 atom stereocenters. The highest BCUT2D eigenvalue weighted by atomic mass is 16.3. The van der Waals surface area contributed by atoms with Gasteiger partial charge in [-0.2, -0.15) is 0 Å². The molecule has 72 valence electrons. The van der Waals surface area contributed by atoms with Gasteiger partial charge in [0.15, 0.2) is 0 Å². The fourth-order valence-corrected chi connectivity index (χ4v) is 2.00. The standard InChI is InChI=1S/C11H17NO/c1-2-12-11(9-4-3-5-9)10-6-7-13-8-10/h6-9,11-12H,2-5H2,1H3. The van der Waals surface area contributed by atoms with Crippen LogP contribution in [0, 0.1) is 5.92 Å². The summed E-state index contributed by atoms with van der Waals surface area (Å²) in [6.45, 7) is 3.19. The molecule has 1 aromatic rings. The van der Waals surface area contributed by atoms with Gasteiger partial charge in [0.25, 0.3) is 0 Å². The minimum atomic E-state index is 0.525. The van der Waals surface area contributed by atoms with Gasteiger partial charge >= 0.3 is 0 Å². The van der Waals surface area contributed by atoms with Crippen LogP contribution in [0.5, 0.6) is 0 Å². The van der Waals surface area contributed by atoms with Crippen LogP contribution in [0.25, 0.3) is 0 Å². The summed E-state index contributed by atoms with van der Waals surface area (Å²) in [5, 5.41) is 3.53. The molecule has 0 saturated heterocycles. The Kier molecular flexibility index (Phi) is 2.69. The first-order valence-corrected chi connectivity index (χ1v) is 5.17. The predicted octanol–water partition coefficient (Wildman–Crippen LogP) is 2.73. The highest BCUT2D eigenvalue weighted by Crippen LogP contribution is 2.37. The summed E-state index contributed by atoms with van der Waals surface area (Å²) in [5.74, 6) is 0.831. The van der Waals surface area contributed by atoms with Crippen molar-refractivity contribution in [2.45, 2.75) is 32.2 Å². The Hall–Kier alpha value is -0.760. The molecular weight excluding hydrogens is 162 g/mol. The van der Waals surface area contributed by atoms with E-state index in [1.807, 2.05) is 6.26 Å². The zero-order valence-electron chi connectivity index (χ0n) is 8.12. The minimum Gasteiger partial charge on any atom is -0.472 e. The summed E-state index contributed by atoms with van der Waals surface area (Å²) in [7, 11) is 0. The van der Waals surface area contributed by atoms with Crippen molar-refractivity contribution in [1.82, 2.24) is 5.32 Å². The van der Waals surface area contributed by atoms with Gasteiger partial charge in [-0.3, -0.25) is 0 Å². The van der Waals surface area contributed by atoms with Gasteiger partial charge in [-0.25, -0.2) is 0 Å². The van der Waals surface area contributed by atoms with E-state index in [9.17, 15) is 0 Å². The third kappa shape index (κ3) is 1.78. The molecule has 1 heterocycles. The largest absolute Gasteiger partial charge is 0.472 e. The van der Waals surface area contributed by atoms with Crippen molar-refractivity contribution in [1.29, 1.82) is 0 Å². The molecule has 0 aromatic carbocycles. The lowest BCUT2D eigenvalue weighted by Gasteiger charge is -2.33. The molecule has 0 spiro atoms. The van der Waals surface area contributed by atoms with Crippen LogP contribution >= 0.6 is 0 Å². The van der Waals surface area contributed by atoms with E-state index in [2.05, 4.69) is 18.3 Å². The van der Waals surface area contributed by atoms with Gasteiger partial charge in [-0.15, -0.1) is 0 Å². The second kappa shape index (κ2) is 3.97. The number of nitrogens with one attached hydrogen (secondary N) is 1. The van der Waals surface area contributed by atoms with Crippen molar-refractivity contribution >= 4 is 0 Å². The Morgan fingerprint density at radius 3 is 2.92 bits per heavy atom. The molecule has 1 unspecified atom stereocenters. The van der Waals surface area contributed by atoms with Crippen molar-refractivity contribution in [3.63, 3.8) is 0 Å². The first-order valence-electron chi connectivity index (χ1n) is 5.17. The highest BCUT2D eigenvalue weighted by molar-refractivity contribution is 5.13. The SMILES string of the molecule is CCNC(c1ccoc1)C1CCC1. The molecule has 1 fully saturated rings. The molecule has 1 aliphatic rings. The van der Waals surface area contributed by atoms with Crippen molar-refractivity contribution in [3.8, 4) is 0 Å². The molecule has 0 aliphatic heterocycles. The van der Waals surface area contributed by atoms with Crippen LogP contribution in [0.2, 0.25) is 0 Å². The highest BCUT2D eigenvalue weighted by Gasteiger charge is 2.28. The topological polar surface area (TPSA) is 25.2 Å². The fraction of sp³-hybridized carbons (Fsp3) is 0.636. The third-order valence-corrected chi connectivity index (χ3v) is 2.95. The molecule has 13 heavy (non-hydrogen) atoms. The van der Waals surface area contributed by atoms with Gasteiger partial charge in [-0.1, -0.05) is 13.3 Å². The van der Waals surface area contributed by atoms with Gasteiger partial charge in [0.05, 0.1) is 12.5 Å². The molecule has 0 radical (unpaired) electrons. The van der Waals surface area contributed by atoms with Gasteiger partial charge in [-0.05, 0) is 31.4 Å². The van der Waals surface area contributed by atoms with Crippen LogP contribution in [0.3, 0.4) is 0 Å². The normalized spacial score (nSPS) is 19.8. The Labute approximate surface area is 79.3 Å². The first-order chi connectivity index (χ1) is 6.42. The summed E-state index contributed by atoms with van der Waals surface area (Å²) in [5.41, 5.74) is 1.31. The van der Waals surface area contributed by atoms with E-state index >= 15 is 0 Å². The second-order valence-corrected chi connectivity index (χ2v) is 3.78. The Morgan fingerprint density at radius 1 is 1.62 bits per heavy atom. The van der Waals surface area contributed by atoms with Crippen molar-refractivity contribution in [2.75, 3.05) is 6.54 Å². The summed E-state index contributed by atoms with van der Waals surface area (Å²) < 4.78 is 5.12. The fourth-order valence-electron chi connectivity index (χ4n) is 2.00. The maximum absolute atomic E-state index is 5.12. The summed E-state index contributed by atoms with van der Waals surface area (Å²) in [4.78, 5) is 0. The lowest BCUT2D eigenvalue weighted by Crippen LogP contribution is -2.31. The van der Waals surface area contributed by atoms with Gasteiger partial charge < -0.3 is 9.73 Å². The molecule has 0 bridgehead atoms. The summed E-state index contributed by atoms with van der Waals surface area (Å²) >= 11 is 0. The third-order valence-electron chi connectivity index (χ3n) is 2.95. The maximum Gasteiger partial charge on any atom is 0.0950 e. The average Bonchev–Trinajstić information content (AvgIpc) is 2.51. The van der Waals surface area contributed by atoms with E-state index in [-0.39, 0.29) is 0 Å². The molecule has 1 aliphatic carbocycles. The van der Waals surface area contributed by atoms with Crippen LogP contribution in [-0.2, 0) is 0 Å². The Bertz CT molecular complexity index is 239. The van der Waals surface area contributed by atoms with Gasteiger partial charge in [0.1, 0.15) is 0 Å². The first kappa shape index (κ1) is 8.82. The summed E-state index contributed by atoms with van der Waals surface area (Å²) in [6.07, 6.45) is 7.75. The van der Waals surface area contributed by atoms with E-state index in [4.69, 9.17) is 4.42 Å². The molecule has 2 nitrogen and oxygen atoms in total. The molecule has 2 rings (SSSR count). The molecule has 1 saturated carbocycles. The van der Waals surface area contributed by atoms with Crippen LogP contribution in [-0.4, -0.2) is 6.54 Å². The molecule has 1 aromatic heterocycles. The molecule has 1 N–H and O–H groups in total. The van der Waals surface area contributed by atoms with E-state index in [0.29, 0.717) is 6.04 Å². The summed E-state index contributed by atoms with van der Waals surface area (Å²) in [6, 6.07) is 2.60. The van der Waals surface area contributed by atoms with Crippen LogP contribution in [0.4, 0.5) is 0 Å². The lowest BCUT2D eigenvalue weighted by molar-refractivity contribution is 0.232. The van der Waals surface area contributed by atoms with Gasteiger partial charge in [0.2, 0.25) is 0 Å². The van der Waals surface area contributed by atoms with Crippen molar-refractivity contribution in [3.05, 3.63) is 24.2 Å². The Morgan fingerprint density at radius 2 is 2.46 bits per heavy atom. The smallest absolute Gasteiger partial charge is 0.0950 e. The average molecular weight is 179 g/mol. The van der Waals surface area contributed by atoms with E-state index in [1.54, 1.807) is 6.26 Å². The van der Waals surface area contributed by atoms with Gasteiger partial charge in [0, 0.05) is 11.6 Å². The van der Waals surface area contributed by atoms with Crippen molar-refractivity contribution in [2.24, 2.45) is 5.92 Å². The van der Waals surface area contributed by atoms with Crippen molar-refractivity contribution < 1.29 is 4.42 Å². The monoisotopic (exact) mass is 179 g/mol. The molecule has 2 heteroatoms. The zero-order chi connectivity index (χ0) is 9.10. The van der Waals surface area contributed by atoms with E-state index in [0.717, 1.165) is 12.5 Å². The van der Waals surface area contributed by atoms with Crippen LogP contribution in [0.1, 0.15) is 37.8 Å². The predicted molar refractivity (Wildman–Crippen MR) is 52.5 cm³/mol. The lowest BCUT2D eigenvalue weighted by atomic mass is 9.78. The minimum absolute atomic E-state index is 0.525. The number of hydrogen-bond donors (Lipinski definition) is 1. The maximum atomic E-state index is 5.12. The quantitative estimate of drug-likeness (QED) is 0.768.